The first kappa shape index (κ1) is 17.9. The quantitative estimate of drug-likeness (QED) is 0.808. The Balaban J connectivity index is 2.01. The lowest BCUT2D eigenvalue weighted by molar-refractivity contribution is -0.135. The van der Waals surface area contributed by atoms with Crippen molar-refractivity contribution in [1.29, 1.82) is 0 Å². The van der Waals surface area contributed by atoms with Gasteiger partial charge in [-0.1, -0.05) is 26.0 Å². The van der Waals surface area contributed by atoms with Gasteiger partial charge in [0.2, 0.25) is 5.91 Å². The van der Waals surface area contributed by atoms with E-state index in [1.165, 1.54) is 12.1 Å². The molecule has 1 heterocycles. The number of hydrogen-bond acceptors (Lipinski definition) is 3. The molecule has 0 radical (unpaired) electrons. The van der Waals surface area contributed by atoms with E-state index in [4.69, 9.17) is 0 Å². The van der Waals surface area contributed by atoms with Gasteiger partial charge in [-0.3, -0.25) is 14.5 Å². The number of benzene rings is 1. The molecule has 7 heteroatoms. The molecule has 0 saturated carbocycles. The highest BCUT2D eigenvalue weighted by Gasteiger charge is 2.50. The molecule has 24 heavy (non-hydrogen) atoms. The van der Waals surface area contributed by atoms with Gasteiger partial charge in [0.15, 0.2) is 0 Å². The SMILES string of the molecule is CC(NC(=O)CN1C(=O)NC(C)(C(C)C)C1=O)c1ccc(F)cc1. The molecule has 4 amide bonds. The summed E-state index contributed by atoms with van der Waals surface area (Å²) < 4.78 is 12.9. The number of nitrogens with one attached hydrogen (secondary N) is 2. The van der Waals surface area contributed by atoms with E-state index in [2.05, 4.69) is 10.6 Å². The summed E-state index contributed by atoms with van der Waals surface area (Å²) in [5.41, 5.74) is -0.270. The fourth-order valence-corrected chi connectivity index (χ4v) is 2.52. The van der Waals surface area contributed by atoms with Crippen molar-refractivity contribution in [3.05, 3.63) is 35.6 Å². The average Bonchev–Trinajstić information content (AvgIpc) is 2.72. The summed E-state index contributed by atoms with van der Waals surface area (Å²) in [4.78, 5) is 37.5. The lowest BCUT2D eigenvalue weighted by Gasteiger charge is -2.25. The molecule has 0 aromatic heterocycles. The standard InChI is InChI=1S/C17H22FN3O3/c1-10(2)17(4)15(23)21(16(24)20-17)9-14(22)19-11(3)12-5-7-13(18)8-6-12/h5-8,10-11H,9H2,1-4H3,(H,19,22)(H,20,24). The van der Waals surface area contributed by atoms with E-state index in [9.17, 15) is 18.8 Å². The van der Waals surface area contributed by atoms with Gasteiger partial charge in [-0.15, -0.1) is 0 Å². The van der Waals surface area contributed by atoms with E-state index in [1.54, 1.807) is 26.0 Å². The lowest BCUT2D eigenvalue weighted by atomic mass is 9.88. The highest BCUT2D eigenvalue weighted by Crippen LogP contribution is 2.25. The Morgan fingerprint density at radius 3 is 2.33 bits per heavy atom. The highest BCUT2D eigenvalue weighted by molar-refractivity contribution is 6.08. The van der Waals surface area contributed by atoms with Crippen LogP contribution in [0.4, 0.5) is 9.18 Å². The first-order valence-electron chi connectivity index (χ1n) is 7.84. The monoisotopic (exact) mass is 335 g/mol. The molecule has 2 unspecified atom stereocenters. The van der Waals surface area contributed by atoms with E-state index in [0.29, 0.717) is 0 Å². The van der Waals surface area contributed by atoms with Gasteiger partial charge < -0.3 is 10.6 Å². The number of halogens is 1. The molecule has 1 aliphatic rings. The van der Waals surface area contributed by atoms with Gasteiger partial charge in [-0.25, -0.2) is 9.18 Å². The first-order valence-corrected chi connectivity index (χ1v) is 7.84. The Morgan fingerprint density at radius 2 is 1.83 bits per heavy atom. The van der Waals surface area contributed by atoms with Crippen LogP contribution >= 0.6 is 0 Å². The van der Waals surface area contributed by atoms with Crippen molar-refractivity contribution < 1.29 is 18.8 Å². The van der Waals surface area contributed by atoms with Gasteiger partial charge in [0.25, 0.3) is 5.91 Å². The number of hydrogen-bond donors (Lipinski definition) is 2. The molecule has 1 aromatic rings. The first-order chi connectivity index (χ1) is 11.1. The smallest absolute Gasteiger partial charge is 0.325 e. The van der Waals surface area contributed by atoms with E-state index in [-0.39, 0.29) is 24.3 Å². The molecule has 1 saturated heterocycles. The number of nitrogens with zero attached hydrogens (tertiary/aromatic N) is 1. The molecule has 2 rings (SSSR count). The minimum absolute atomic E-state index is 0.0971. The van der Waals surface area contributed by atoms with Crippen molar-refractivity contribution >= 4 is 17.8 Å². The third-order valence-electron chi connectivity index (χ3n) is 4.51. The summed E-state index contributed by atoms with van der Waals surface area (Å²) in [7, 11) is 0. The Morgan fingerprint density at radius 1 is 1.25 bits per heavy atom. The summed E-state index contributed by atoms with van der Waals surface area (Å²) >= 11 is 0. The zero-order valence-corrected chi connectivity index (χ0v) is 14.2. The zero-order chi connectivity index (χ0) is 18.1. The molecule has 0 aliphatic carbocycles. The van der Waals surface area contributed by atoms with Crippen molar-refractivity contribution in [2.45, 2.75) is 39.3 Å². The summed E-state index contributed by atoms with van der Waals surface area (Å²) in [6, 6.07) is 4.83. The Hall–Kier alpha value is -2.44. The van der Waals surface area contributed by atoms with Gasteiger partial charge in [0.1, 0.15) is 17.9 Å². The molecule has 1 fully saturated rings. The molecule has 130 valence electrons. The summed E-state index contributed by atoms with van der Waals surface area (Å²) in [5.74, 6) is -1.32. The van der Waals surface area contributed by atoms with Crippen LogP contribution in [0.5, 0.6) is 0 Å². The maximum absolute atomic E-state index is 12.9. The van der Waals surface area contributed by atoms with Gasteiger partial charge in [-0.2, -0.15) is 0 Å². The third kappa shape index (κ3) is 3.39. The third-order valence-corrected chi connectivity index (χ3v) is 4.51. The van der Waals surface area contributed by atoms with Crippen molar-refractivity contribution in [2.24, 2.45) is 5.92 Å². The number of urea groups is 1. The number of imide groups is 1. The lowest BCUT2D eigenvalue weighted by Crippen LogP contribution is -2.49. The zero-order valence-electron chi connectivity index (χ0n) is 14.2. The number of amides is 4. The second-order valence-corrected chi connectivity index (χ2v) is 6.52. The largest absolute Gasteiger partial charge is 0.348 e. The van der Waals surface area contributed by atoms with Crippen LogP contribution in [0.15, 0.2) is 24.3 Å². The second kappa shape index (κ2) is 6.59. The molecule has 6 nitrogen and oxygen atoms in total. The fourth-order valence-electron chi connectivity index (χ4n) is 2.52. The fraction of sp³-hybridized carbons (Fsp3) is 0.471. The van der Waals surface area contributed by atoms with Crippen LogP contribution in [-0.2, 0) is 9.59 Å². The second-order valence-electron chi connectivity index (χ2n) is 6.52. The Bertz CT molecular complexity index is 660. The number of carbonyl (C=O) groups excluding carboxylic acids is 3. The molecular formula is C17H22FN3O3. The minimum Gasteiger partial charge on any atom is -0.348 e. The van der Waals surface area contributed by atoms with Crippen molar-refractivity contribution in [1.82, 2.24) is 15.5 Å². The summed E-state index contributed by atoms with van der Waals surface area (Å²) in [6.07, 6.45) is 0. The molecule has 0 bridgehead atoms. The van der Waals surface area contributed by atoms with Crippen LogP contribution < -0.4 is 10.6 Å². The maximum atomic E-state index is 12.9. The van der Waals surface area contributed by atoms with Crippen LogP contribution in [0.25, 0.3) is 0 Å². The van der Waals surface area contributed by atoms with Gasteiger partial charge in [0.05, 0.1) is 6.04 Å². The molecule has 1 aliphatic heterocycles. The van der Waals surface area contributed by atoms with Crippen molar-refractivity contribution in [3.63, 3.8) is 0 Å². The summed E-state index contributed by atoms with van der Waals surface area (Å²) in [6.45, 7) is 6.71. The van der Waals surface area contributed by atoms with Gasteiger partial charge in [-0.05, 0) is 37.5 Å². The minimum atomic E-state index is -1.00. The predicted octanol–water partition coefficient (Wildman–Crippen LogP) is 1.97. The molecule has 1 aromatic carbocycles. The van der Waals surface area contributed by atoms with Gasteiger partial charge >= 0.3 is 6.03 Å². The van der Waals surface area contributed by atoms with Crippen molar-refractivity contribution in [2.75, 3.05) is 6.54 Å². The van der Waals surface area contributed by atoms with Crippen molar-refractivity contribution in [3.8, 4) is 0 Å². The van der Waals surface area contributed by atoms with Crippen LogP contribution in [0.2, 0.25) is 0 Å². The van der Waals surface area contributed by atoms with E-state index >= 15 is 0 Å². The molecule has 0 spiro atoms. The number of rotatable bonds is 5. The summed E-state index contributed by atoms with van der Waals surface area (Å²) in [5, 5.41) is 5.35. The Labute approximate surface area is 140 Å². The van der Waals surface area contributed by atoms with Crippen LogP contribution in [0, 0.1) is 11.7 Å². The van der Waals surface area contributed by atoms with E-state index in [0.717, 1.165) is 10.5 Å². The molecule has 2 N–H and O–H groups in total. The van der Waals surface area contributed by atoms with Gasteiger partial charge in [0, 0.05) is 0 Å². The average molecular weight is 335 g/mol. The van der Waals surface area contributed by atoms with Crippen LogP contribution in [0.3, 0.4) is 0 Å². The highest BCUT2D eigenvalue weighted by atomic mass is 19.1. The maximum Gasteiger partial charge on any atom is 0.325 e. The topological polar surface area (TPSA) is 78.5 Å². The number of carbonyl (C=O) groups is 3. The molecule has 2 atom stereocenters. The molecular weight excluding hydrogens is 313 g/mol. The normalized spacial score (nSPS) is 21.8. The van der Waals surface area contributed by atoms with Crippen LogP contribution in [0.1, 0.15) is 39.3 Å². The predicted molar refractivity (Wildman–Crippen MR) is 86.4 cm³/mol. The van der Waals surface area contributed by atoms with Crippen LogP contribution in [-0.4, -0.2) is 34.8 Å². The van der Waals surface area contributed by atoms with E-state index in [1.807, 2.05) is 13.8 Å². The van der Waals surface area contributed by atoms with E-state index < -0.39 is 23.4 Å². The Kier molecular flexibility index (Phi) is 4.91.